The van der Waals surface area contributed by atoms with Crippen molar-refractivity contribution in [3.63, 3.8) is 0 Å². The Balaban J connectivity index is 1.55. The highest BCUT2D eigenvalue weighted by Crippen LogP contribution is 2.28. The van der Waals surface area contributed by atoms with Crippen molar-refractivity contribution >= 4 is 28.7 Å². The lowest BCUT2D eigenvalue weighted by molar-refractivity contribution is 0.782. The molecule has 4 rings (SSSR count). The highest BCUT2D eigenvalue weighted by Gasteiger charge is 2.16. The van der Waals surface area contributed by atoms with E-state index in [0.717, 1.165) is 18.8 Å². The Morgan fingerprint density at radius 3 is 2.10 bits per heavy atom. The molecule has 0 aliphatic heterocycles. The molecule has 0 saturated heterocycles. The van der Waals surface area contributed by atoms with Crippen molar-refractivity contribution in [1.29, 1.82) is 0 Å². The minimum Gasteiger partial charge on any atom is -0.393 e. The van der Waals surface area contributed by atoms with Gasteiger partial charge in [-0.1, -0.05) is 66.7 Å². The molecule has 0 atom stereocenters. The van der Waals surface area contributed by atoms with E-state index < -0.39 is 0 Å². The highest BCUT2D eigenvalue weighted by molar-refractivity contribution is 7.09. The summed E-state index contributed by atoms with van der Waals surface area (Å²) in [7, 11) is 0. The van der Waals surface area contributed by atoms with Crippen molar-refractivity contribution < 1.29 is 0 Å². The lowest BCUT2D eigenvalue weighted by atomic mass is 10.1. The van der Waals surface area contributed by atoms with Crippen molar-refractivity contribution in [2.24, 2.45) is 0 Å². The van der Waals surface area contributed by atoms with Crippen LogP contribution in [0.15, 0.2) is 84.5 Å². The van der Waals surface area contributed by atoms with Gasteiger partial charge in [0.2, 0.25) is 0 Å². The number of nitrogens with zero attached hydrogens (tertiary/aromatic N) is 3. The molecule has 5 nitrogen and oxygen atoms in total. The lowest BCUT2D eigenvalue weighted by Gasteiger charge is -2.26. The fourth-order valence-corrected chi connectivity index (χ4v) is 4.06. The maximum absolute atomic E-state index is 6.52. The van der Waals surface area contributed by atoms with Crippen LogP contribution in [0.3, 0.4) is 0 Å². The molecule has 0 fully saturated rings. The second kappa shape index (κ2) is 9.89. The van der Waals surface area contributed by atoms with Crippen LogP contribution in [0.1, 0.15) is 16.0 Å². The van der Waals surface area contributed by atoms with Crippen molar-refractivity contribution in [2.75, 3.05) is 22.5 Å². The zero-order valence-corrected chi connectivity index (χ0v) is 17.6. The molecule has 0 bridgehead atoms. The van der Waals surface area contributed by atoms with Gasteiger partial charge in [-0.05, 0) is 29.0 Å². The molecule has 0 aliphatic rings. The first-order chi connectivity index (χ1) is 14.8. The molecule has 6 heteroatoms. The van der Waals surface area contributed by atoms with Gasteiger partial charge in [0.1, 0.15) is 12.0 Å². The van der Waals surface area contributed by atoms with Gasteiger partial charge in [0.05, 0.1) is 0 Å². The van der Waals surface area contributed by atoms with Crippen molar-refractivity contribution in [3.05, 3.63) is 101 Å². The van der Waals surface area contributed by atoms with Crippen LogP contribution in [-0.4, -0.2) is 16.5 Å². The molecule has 0 amide bonds. The molecule has 3 N–H and O–H groups in total. The number of nitrogens with one attached hydrogen (secondary N) is 1. The molecule has 2 aromatic heterocycles. The fraction of sp³-hybridized carbons (Fsp3) is 0.167. The number of anilines is 3. The van der Waals surface area contributed by atoms with E-state index in [1.807, 2.05) is 12.1 Å². The number of hydrogen-bond donors (Lipinski definition) is 2. The monoisotopic (exact) mass is 415 g/mol. The van der Waals surface area contributed by atoms with Crippen LogP contribution in [0, 0.1) is 0 Å². The van der Waals surface area contributed by atoms with E-state index >= 15 is 0 Å². The van der Waals surface area contributed by atoms with Gasteiger partial charge in [-0.15, -0.1) is 11.3 Å². The Morgan fingerprint density at radius 1 is 0.833 bits per heavy atom. The van der Waals surface area contributed by atoms with E-state index in [9.17, 15) is 0 Å². The van der Waals surface area contributed by atoms with Crippen LogP contribution in [0.25, 0.3) is 0 Å². The lowest BCUT2D eigenvalue weighted by Crippen LogP contribution is -2.25. The smallest absolute Gasteiger partial charge is 0.158 e. The summed E-state index contributed by atoms with van der Waals surface area (Å²) in [5, 5.41) is 5.47. The number of nitrogens with two attached hydrogens (primary N) is 1. The molecule has 30 heavy (non-hydrogen) atoms. The third-order valence-corrected chi connectivity index (χ3v) is 5.78. The Hall–Kier alpha value is -3.38. The maximum atomic E-state index is 6.52. The summed E-state index contributed by atoms with van der Waals surface area (Å²) < 4.78 is 0. The van der Waals surface area contributed by atoms with E-state index in [1.165, 1.54) is 16.0 Å². The van der Waals surface area contributed by atoms with Gasteiger partial charge in [0.25, 0.3) is 0 Å². The third kappa shape index (κ3) is 5.15. The minimum atomic E-state index is 0.579. The van der Waals surface area contributed by atoms with Crippen LogP contribution < -0.4 is 16.0 Å². The van der Waals surface area contributed by atoms with E-state index in [0.29, 0.717) is 24.6 Å². The van der Waals surface area contributed by atoms with E-state index in [1.54, 1.807) is 17.7 Å². The predicted molar refractivity (Wildman–Crippen MR) is 126 cm³/mol. The number of nitrogen functional groups attached to an aromatic ring is 1. The van der Waals surface area contributed by atoms with Crippen LogP contribution in [0.2, 0.25) is 0 Å². The summed E-state index contributed by atoms with van der Waals surface area (Å²) >= 11 is 1.76. The molecule has 0 unspecified atom stereocenters. The number of hydrogen-bond acceptors (Lipinski definition) is 6. The molecule has 0 radical (unpaired) electrons. The van der Waals surface area contributed by atoms with Crippen LogP contribution in [0.5, 0.6) is 0 Å². The van der Waals surface area contributed by atoms with E-state index in [4.69, 9.17) is 5.73 Å². The predicted octanol–water partition coefficient (Wildman–Crippen LogP) is 4.98. The van der Waals surface area contributed by atoms with Crippen molar-refractivity contribution in [3.8, 4) is 0 Å². The third-order valence-electron chi connectivity index (χ3n) is 4.84. The molecule has 0 saturated carbocycles. The first-order valence-electron chi connectivity index (χ1n) is 9.99. The zero-order chi connectivity index (χ0) is 20.6. The van der Waals surface area contributed by atoms with Gasteiger partial charge >= 0.3 is 0 Å². The standard InChI is InChI=1S/C24H25N5S/c25-22-23(26-14-13-21-12-7-15-30-21)27-18-28-24(22)29(16-19-8-3-1-4-9-19)17-20-10-5-2-6-11-20/h1-12,15,18H,13-14,16-17,25H2,(H,26,27,28). The van der Waals surface area contributed by atoms with Crippen LogP contribution >= 0.6 is 11.3 Å². The highest BCUT2D eigenvalue weighted by atomic mass is 32.1. The maximum Gasteiger partial charge on any atom is 0.158 e. The normalized spacial score (nSPS) is 10.7. The quantitative estimate of drug-likeness (QED) is 0.403. The topological polar surface area (TPSA) is 67.1 Å². The largest absolute Gasteiger partial charge is 0.393 e. The number of thiophene rings is 1. The summed E-state index contributed by atoms with van der Waals surface area (Å²) in [5.74, 6) is 1.43. The van der Waals surface area contributed by atoms with Gasteiger partial charge in [-0.3, -0.25) is 0 Å². The molecule has 2 aromatic carbocycles. The Morgan fingerprint density at radius 2 is 1.50 bits per heavy atom. The average Bonchev–Trinajstić information content (AvgIpc) is 3.30. The summed E-state index contributed by atoms with van der Waals surface area (Å²) in [4.78, 5) is 12.5. The Kier molecular flexibility index (Phi) is 6.57. The van der Waals surface area contributed by atoms with Gasteiger partial charge < -0.3 is 16.0 Å². The van der Waals surface area contributed by atoms with Gasteiger partial charge in [-0.25, -0.2) is 9.97 Å². The summed E-state index contributed by atoms with van der Waals surface area (Å²) in [5.41, 5.74) is 9.52. The van der Waals surface area contributed by atoms with E-state index in [-0.39, 0.29) is 0 Å². The Labute approximate surface area is 181 Å². The molecule has 4 aromatic rings. The average molecular weight is 416 g/mol. The second-order valence-corrected chi connectivity index (χ2v) is 8.08. The molecule has 0 spiro atoms. The molecule has 2 heterocycles. The number of aromatic nitrogens is 2. The fourth-order valence-electron chi connectivity index (χ4n) is 3.35. The summed E-state index contributed by atoms with van der Waals surface area (Å²) in [6.07, 6.45) is 2.52. The number of rotatable bonds is 9. The number of benzene rings is 2. The van der Waals surface area contributed by atoms with Crippen molar-refractivity contribution in [1.82, 2.24) is 9.97 Å². The minimum absolute atomic E-state index is 0.579. The summed E-state index contributed by atoms with van der Waals surface area (Å²) in [6.45, 7) is 2.20. The molecule has 0 aliphatic carbocycles. The SMILES string of the molecule is Nc1c(NCCc2cccs2)ncnc1N(Cc1ccccc1)Cc1ccccc1. The molecule has 152 valence electrons. The van der Waals surface area contributed by atoms with Gasteiger partial charge in [-0.2, -0.15) is 0 Å². The second-order valence-electron chi connectivity index (χ2n) is 7.04. The van der Waals surface area contributed by atoms with Gasteiger partial charge in [0, 0.05) is 24.5 Å². The van der Waals surface area contributed by atoms with E-state index in [2.05, 4.69) is 86.2 Å². The first-order valence-corrected chi connectivity index (χ1v) is 10.9. The Bertz CT molecular complexity index is 994. The molecular formula is C24H25N5S. The molecular weight excluding hydrogens is 390 g/mol. The van der Waals surface area contributed by atoms with Crippen LogP contribution in [-0.2, 0) is 19.5 Å². The first kappa shape index (κ1) is 19.9. The van der Waals surface area contributed by atoms with Crippen molar-refractivity contribution in [2.45, 2.75) is 19.5 Å². The zero-order valence-electron chi connectivity index (χ0n) is 16.7. The van der Waals surface area contributed by atoms with Gasteiger partial charge in [0.15, 0.2) is 11.6 Å². The summed E-state index contributed by atoms with van der Waals surface area (Å²) in [6, 6.07) is 25.0. The van der Waals surface area contributed by atoms with Crippen LogP contribution in [0.4, 0.5) is 17.3 Å².